The molecule has 0 saturated carbocycles. The summed E-state index contributed by atoms with van der Waals surface area (Å²) in [6, 6.07) is -0.393. The lowest BCUT2D eigenvalue weighted by Crippen LogP contribution is -2.53. The normalized spacial score (nSPS) is 25.9. The van der Waals surface area contributed by atoms with Crippen LogP contribution >= 0.6 is 0 Å². The van der Waals surface area contributed by atoms with Gasteiger partial charge in [-0.3, -0.25) is 0 Å². The molecule has 0 radical (unpaired) electrons. The van der Waals surface area contributed by atoms with Crippen LogP contribution in [0.3, 0.4) is 0 Å². The lowest BCUT2D eigenvalue weighted by Gasteiger charge is -2.32. The summed E-state index contributed by atoms with van der Waals surface area (Å²) >= 11 is 0. The first kappa shape index (κ1) is 11.3. The van der Waals surface area contributed by atoms with Crippen molar-refractivity contribution in [2.45, 2.75) is 19.9 Å². The van der Waals surface area contributed by atoms with Crippen LogP contribution in [0.25, 0.3) is 0 Å². The van der Waals surface area contributed by atoms with Crippen molar-refractivity contribution in [1.29, 1.82) is 0 Å². The van der Waals surface area contributed by atoms with Crippen molar-refractivity contribution in [1.82, 2.24) is 10.2 Å². The fourth-order valence-electron chi connectivity index (χ4n) is 1.55. The number of hydrogen-bond donors (Lipinski definition) is 1. The smallest absolute Gasteiger partial charge is 0.317 e. The Morgan fingerprint density at radius 3 is 2.71 bits per heavy atom. The van der Waals surface area contributed by atoms with Crippen LogP contribution in [0.4, 0.5) is 4.79 Å². The number of urea groups is 1. The molecule has 82 valence electrons. The molecule has 1 aliphatic rings. The van der Waals surface area contributed by atoms with Crippen molar-refractivity contribution < 1.29 is 13.2 Å². The number of amides is 2. The van der Waals surface area contributed by atoms with E-state index in [0.717, 1.165) is 0 Å². The minimum atomic E-state index is -2.93. The molecule has 0 aromatic heterocycles. The fraction of sp³-hybridized carbons (Fsp3) is 0.875. The average molecular weight is 220 g/mol. The Bertz CT molecular complexity index is 313. The summed E-state index contributed by atoms with van der Waals surface area (Å²) in [7, 11) is -2.93. The molecule has 5 nitrogen and oxygen atoms in total. The molecule has 1 N–H and O–H groups in total. The van der Waals surface area contributed by atoms with Crippen LogP contribution in [-0.2, 0) is 9.84 Å². The molecule has 2 amide bonds. The van der Waals surface area contributed by atoms with Crippen LogP contribution in [-0.4, -0.2) is 50.0 Å². The van der Waals surface area contributed by atoms with E-state index < -0.39 is 9.84 Å². The number of carbonyl (C=O) groups excluding carboxylic acids is 1. The van der Waals surface area contributed by atoms with Crippen molar-refractivity contribution >= 4 is 15.9 Å². The Morgan fingerprint density at radius 2 is 2.21 bits per heavy atom. The van der Waals surface area contributed by atoms with Gasteiger partial charge in [-0.1, -0.05) is 0 Å². The van der Waals surface area contributed by atoms with E-state index in [9.17, 15) is 13.2 Å². The first-order valence-electron chi connectivity index (χ1n) is 4.71. The van der Waals surface area contributed by atoms with Gasteiger partial charge in [-0.15, -0.1) is 0 Å². The Labute approximate surface area is 84.4 Å². The van der Waals surface area contributed by atoms with Crippen LogP contribution in [0.2, 0.25) is 0 Å². The van der Waals surface area contributed by atoms with Gasteiger partial charge in [0.2, 0.25) is 0 Å². The number of nitrogens with zero attached hydrogens (tertiary/aromatic N) is 1. The van der Waals surface area contributed by atoms with Gasteiger partial charge in [0.25, 0.3) is 0 Å². The van der Waals surface area contributed by atoms with Crippen LogP contribution in [0.15, 0.2) is 0 Å². The van der Waals surface area contributed by atoms with Gasteiger partial charge in [0, 0.05) is 19.1 Å². The molecule has 14 heavy (non-hydrogen) atoms. The van der Waals surface area contributed by atoms with E-state index in [2.05, 4.69) is 5.32 Å². The van der Waals surface area contributed by atoms with E-state index >= 15 is 0 Å². The van der Waals surface area contributed by atoms with E-state index in [0.29, 0.717) is 13.1 Å². The van der Waals surface area contributed by atoms with Crippen LogP contribution in [0, 0.1) is 0 Å². The summed E-state index contributed by atoms with van der Waals surface area (Å²) in [5.74, 6) is 0.151. The zero-order valence-electron chi connectivity index (χ0n) is 8.49. The van der Waals surface area contributed by atoms with Crippen molar-refractivity contribution in [2.75, 3.05) is 24.6 Å². The predicted molar refractivity (Wildman–Crippen MR) is 53.9 cm³/mol. The van der Waals surface area contributed by atoms with Crippen LogP contribution in [0.1, 0.15) is 13.8 Å². The molecule has 1 aliphatic heterocycles. The van der Waals surface area contributed by atoms with E-state index in [1.54, 1.807) is 11.8 Å². The molecule has 6 heteroatoms. The molecular weight excluding hydrogens is 204 g/mol. The lowest BCUT2D eigenvalue weighted by molar-refractivity contribution is 0.185. The predicted octanol–water partition coefficient (Wildman–Crippen LogP) is -0.165. The third-order valence-corrected chi connectivity index (χ3v) is 4.05. The second-order valence-electron chi connectivity index (χ2n) is 3.49. The van der Waals surface area contributed by atoms with Crippen molar-refractivity contribution in [3.63, 3.8) is 0 Å². The van der Waals surface area contributed by atoms with E-state index in [1.165, 1.54) is 0 Å². The quantitative estimate of drug-likeness (QED) is 0.667. The van der Waals surface area contributed by atoms with Gasteiger partial charge >= 0.3 is 6.03 Å². The van der Waals surface area contributed by atoms with Crippen molar-refractivity contribution in [3.8, 4) is 0 Å². The Kier molecular flexibility index (Phi) is 3.36. The highest BCUT2D eigenvalue weighted by atomic mass is 32.2. The minimum Gasteiger partial charge on any atom is -0.338 e. The number of nitrogens with one attached hydrogen (secondary N) is 1. The largest absolute Gasteiger partial charge is 0.338 e. The zero-order valence-corrected chi connectivity index (χ0v) is 9.30. The first-order valence-corrected chi connectivity index (χ1v) is 6.53. The summed E-state index contributed by atoms with van der Waals surface area (Å²) < 4.78 is 22.5. The highest BCUT2D eigenvalue weighted by Gasteiger charge is 2.30. The van der Waals surface area contributed by atoms with Crippen LogP contribution < -0.4 is 5.32 Å². The summed E-state index contributed by atoms with van der Waals surface area (Å²) in [5, 5.41) is 2.67. The molecule has 1 fully saturated rings. The van der Waals surface area contributed by atoms with Gasteiger partial charge in [0.05, 0.1) is 11.5 Å². The SMILES string of the molecule is CCNC(=O)N1CCS(=O)(=O)CC1C. The molecule has 0 spiro atoms. The number of sulfone groups is 1. The summed E-state index contributed by atoms with van der Waals surface area (Å²) in [5.41, 5.74) is 0. The van der Waals surface area contributed by atoms with E-state index in [-0.39, 0.29) is 23.6 Å². The third-order valence-electron chi connectivity index (χ3n) is 2.26. The van der Waals surface area contributed by atoms with Crippen molar-refractivity contribution in [2.24, 2.45) is 0 Å². The molecule has 1 heterocycles. The fourth-order valence-corrected chi connectivity index (χ4v) is 3.11. The Morgan fingerprint density at radius 1 is 1.57 bits per heavy atom. The maximum Gasteiger partial charge on any atom is 0.317 e. The van der Waals surface area contributed by atoms with Gasteiger partial charge in [0.1, 0.15) is 0 Å². The van der Waals surface area contributed by atoms with Gasteiger partial charge < -0.3 is 10.2 Å². The highest BCUT2D eigenvalue weighted by Crippen LogP contribution is 2.11. The second-order valence-corrected chi connectivity index (χ2v) is 5.72. The molecule has 0 aromatic rings. The molecule has 0 aromatic carbocycles. The van der Waals surface area contributed by atoms with E-state index in [4.69, 9.17) is 0 Å². The average Bonchev–Trinajstić information content (AvgIpc) is 2.02. The summed E-state index contributed by atoms with van der Waals surface area (Å²) in [6.45, 7) is 4.46. The second kappa shape index (κ2) is 4.16. The summed E-state index contributed by atoms with van der Waals surface area (Å²) in [4.78, 5) is 13.0. The maximum atomic E-state index is 11.4. The summed E-state index contributed by atoms with van der Waals surface area (Å²) in [6.07, 6.45) is 0. The number of rotatable bonds is 1. The van der Waals surface area contributed by atoms with Crippen molar-refractivity contribution in [3.05, 3.63) is 0 Å². The molecule has 1 unspecified atom stereocenters. The Hall–Kier alpha value is -0.780. The van der Waals surface area contributed by atoms with Gasteiger partial charge in [-0.05, 0) is 13.8 Å². The Balaban J connectivity index is 2.62. The molecule has 1 atom stereocenters. The van der Waals surface area contributed by atoms with Gasteiger partial charge in [-0.25, -0.2) is 13.2 Å². The third kappa shape index (κ3) is 2.60. The molecule has 0 aliphatic carbocycles. The minimum absolute atomic E-state index is 0.0735. The molecule has 1 saturated heterocycles. The standard InChI is InChI=1S/C8H16N2O3S/c1-3-9-8(11)10-4-5-14(12,13)6-7(10)2/h7H,3-6H2,1-2H3,(H,9,11). The zero-order chi connectivity index (χ0) is 10.8. The molecule has 0 bridgehead atoms. The van der Waals surface area contributed by atoms with Gasteiger partial charge in [0.15, 0.2) is 9.84 Å². The first-order chi connectivity index (χ1) is 6.46. The van der Waals surface area contributed by atoms with Crippen LogP contribution in [0.5, 0.6) is 0 Å². The maximum absolute atomic E-state index is 11.4. The topological polar surface area (TPSA) is 66.5 Å². The van der Waals surface area contributed by atoms with Gasteiger partial charge in [-0.2, -0.15) is 0 Å². The molecular formula is C8H16N2O3S. The monoisotopic (exact) mass is 220 g/mol. The number of hydrogen-bond acceptors (Lipinski definition) is 3. The number of carbonyl (C=O) groups is 1. The lowest BCUT2D eigenvalue weighted by atomic mass is 10.3. The molecule has 1 rings (SSSR count). The highest BCUT2D eigenvalue weighted by molar-refractivity contribution is 7.91. The van der Waals surface area contributed by atoms with E-state index in [1.807, 2.05) is 6.92 Å².